The standard InChI is InChI=1S/C10H22N2O2/c1-5-6-7-12(3)8-10(2,11)9(13)14-4/h5-8,11H2,1-4H3. The van der Waals surface area contributed by atoms with Crippen molar-refractivity contribution in [2.24, 2.45) is 5.73 Å². The first-order valence-corrected chi connectivity index (χ1v) is 5.00. The Labute approximate surface area is 86.4 Å². The number of ether oxygens (including phenoxy) is 1. The van der Waals surface area contributed by atoms with Crippen LogP contribution in [0.15, 0.2) is 0 Å². The lowest BCUT2D eigenvalue weighted by atomic mass is 10.0. The Morgan fingerprint density at radius 2 is 2.14 bits per heavy atom. The third-order valence-electron chi connectivity index (χ3n) is 2.14. The molecule has 0 aromatic rings. The molecule has 0 aliphatic heterocycles. The van der Waals surface area contributed by atoms with Crippen molar-refractivity contribution in [3.8, 4) is 0 Å². The summed E-state index contributed by atoms with van der Waals surface area (Å²) in [6, 6.07) is 0. The Bertz CT molecular complexity index is 181. The van der Waals surface area contributed by atoms with Gasteiger partial charge in [-0.2, -0.15) is 0 Å². The van der Waals surface area contributed by atoms with Crippen molar-refractivity contribution in [3.63, 3.8) is 0 Å². The maximum atomic E-state index is 11.3. The Hall–Kier alpha value is -0.610. The third-order valence-corrected chi connectivity index (χ3v) is 2.14. The zero-order valence-corrected chi connectivity index (χ0v) is 9.67. The molecule has 1 unspecified atom stereocenters. The van der Waals surface area contributed by atoms with Crippen molar-refractivity contribution in [1.82, 2.24) is 4.90 Å². The van der Waals surface area contributed by atoms with Crippen molar-refractivity contribution in [2.75, 3.05) is 27.2 Å². The molecular formula is C10H22N2O2. The summed E-state index contributed by atoms with van der Waals surface area (Å²) in [7, 11) is 3.32. The van der Waals surface area contributed by atoms with Gasteiger partial charge < -0.3 is 15.4 Å². The van der Waals surface area contributed by atoms with Gasteiger partial charge in [-0.1, -0.05) is 13.3 Å². The van der Waals surface area contributed by atoms with Crippen molar-refractivity contribution in [3.05, 3.63) is 0 Å². The van der Waals surface area contributed by atoms with Crippen LogP contribution in [-0.2, 0) is 9.53 Å². The number of rotatable bonds is 6. The first kappa shape index (κ1) is 13.4. The first-order valence-electron chi connectivity index (χ1n) is 5.00. The Balaban J connectivity index is 4.01. The number of hydrogen-bond acceptors (Lipinski definition) is 4. The predicted molar refractivity (Wildman–Crippen MR) is 57.0 cm³/mol. The smallest absolute Gasteiger partial charge is 0.326 e. The van der Waals surface area contributed by atoms with E-state index < -0.39 is 5.54 Å². The molecule has 0 spiro atoms. The summed E-state index contributed by atoms with van der Waals surface area (Å²) in [6.07, 6.45) is 2.26. The van der Waals surface area contributed by atoms with Crippen LogP contribution in [0.5, 0.6) is 0 Å². The first-order chi connectivity index (χ1) is 6.44. The van der Waals surface area contributed by atoms with E-state index >= 15 is 0 Å². The SMILES string of the molecule is CCCCN(C)CC(C)(N)C(=O)OC. The highest BCUT2D eigenvalue weighted by Crippen LogP contribution is 2.05. The molecule has 0 aromatic carbocycles. The molecule has 0 aliphatic rings. The van der Waals surface area contributed by atoms with E-state index in [1.807, 2.05) is 7.05 Å². The number of nitrogens with two attached hydrogens (primary N) is 1. The minimum atomic E-state index is -0.906. The van der Waals surface area contributed by atoms with E-state index in [0.717, 1.165) is 19.4 Å². The lowest BCUT2D eigenvalue weighted by Crippen LogP contribution is -2.53. The van der Waals surface area contributed by atoms with Crippen molar-refractivity contribution >= 4 is 5.97 Å². The summed E-state index contributed by atoms with van der Waals surface area (Å²) >= 11 is 0. The molecular weight excluding hydrogens is 180 g/mol. The second kappa shape index (κ2) is 5.98. The van der Waals surface area contributed by atoms with Crippen molar-refractivity contribution in [1.29, 1.82) is 0 Å². The molecule has 0 bridgehead atoms. The Morgan fingerprint density at radius 3 is 2.57 bits per heavy atom. The van der Waals surface area contributed by atoms with Gasteiger partial charge in [0.05, 0.1) is 7.11 Å². The number of carbonyl (C=O) groups is 1. The van der Waals surface area contributed by atoms with Gasteiger partial charge in [0.15, 0.2) is 0 Å². The van der Waals surface area contributed by atoms with Gasteiger partial charge >= 0.3 is 5.97 Å². The number of unbranched alkanes of at least 4 members (excludes halogenated alkanes) is 1. The Kier molecular flexibility index (Phi) is 5.72. The fourth-order valence-electron chi connectivity index (χ4n) is 1.37. The fourth-order valence-corrected chi connectivity index (χ4v) is 1.37. The van der Waals surface area contributed by atoms with E-state index in [0.29, 0.717) is 6.54 Å². The molecule has 0 aromatic heterocycles. The highest BCUT2D eigenvalue weighted by Gasteiger charge is 2.30. The average molecular weight is 202 g/mol. The number of methoxy groups -OCH3 is 1. The topological polar surface area (TPSA) is 55.6 Å². The second-order valence-electron chi connectivity index (χ2n) is 4.00. The highest BCUT2D eigenvalue weighted by molar-refractivity contribution is 5.80. The van der Waals surface area contributed by atoms with Crippen molar-refractivity contribution in [2.45, 2.75) is 32.2 Å². The summed E-state index contributed by atoms with van der Waals surface area (Å²) in [5.41, 5.74) is 4.92. The fraction of sp³-hybridized carbons (Fsp3) is 0.900. The van der Waals surface area contributed by atoms with Gasteiger partial charge in [0.1, 0.15) is 5.54 Å². The van der Waals surface area contributed by atoms with E-state index in [9.17, 15) is 4.79 Å². The van der Waals surface area contributed by atoms with Crippen LogP contribution in [0.1, 0.15) is 26.7 Å². The van der Waals surface area contributed by atoms with Gasteiger partial charge in [-0.3, -0.25) is 4.79 Å². The summed E-state index contributed by atoms with van der Waals surface area (Å²) in [6.45, 7) is 5.32. The quantitative estimate of drug-likeness (QED) is 0.641. The largest absolute Gasteiger partial charge is 0.468 e. The maximum Gasteiger partial charge on any atom is 0.326 e. The van der Waals surface area contributed by atoms with Crippen LogP contribution < -0.4 is 5.73 Å². The van der Waals surface area contributed by atoms with Crippen LogP contribution in [-0.4, -0.2) is 43.7 Å². The lowest BCUT2D eigenvalue weighted by molar-refractivity contribution is -0.147. The molecule has 0 aliphatic carbocycles. The number of likely N-dealkylation sites (N-methyl/N-ethyl adjacent to an activating group) is 1. The number of nitrogens with zero attached hydrogens (tertiary/aromatic N) is 1. The molecule has 0 fully saturated rings. The monoisotopic (exact) mass is 202 g/mol. The second-order valence-corrected chi connectivity index (χ2v) is 4.00. The average Bonchev–Trinajstić information content (AvgIpc) is 2.12. The minimum Gasteiger partial charge on any atom is -0.468 e. The van der Waals surface area contributed by atoms with Gasteiger partial charge in [-0.15, -0.1) is 0 Å². The zero-order valence-electron chi connectivity index (χ0n) is 9.67. The summed E-state index contributed by atoms with van der Waals surface area (Å²) in [5.74, 6) is -0.360. The Morgan fingerprint density at radius 1 is 1.57 bits per heavy atom. The van der Waals surface area contributed by atoms with E-state index in [2.05, 4.69) is 16.6 Å². The highest BCUT2D eigenvalue weighted by atomic mass is 16.5. The molecule has 0 amide bonds. The summed E-state index contributed by atoms with van der Waals surface area (Å²) in [4.78, 5) is 13.3. The van der Waals surface area contributed by atoms with Crippen molar-refractivity contribution < 1.29 is 9.53 Å². The van der Waals surface area contributed by atoms with Gasteiger partial charge in [0, 0.05) is 6.54 Å². The minimum absolute atomic E-state index is 0.360. The van der Waals surface area contributed by atoms with E-state index in [-0.39, 0.29) is 5.97 Å². The molecule has 84 valence electrons. The maximum absolute atomic E-state index is 11.3. The van der Waals surface area contributed by atoms with Crippen LogP contribution in [0.4, 0.5) is 0 Å². The molecule has 0 heterocycles. The van der Waals surface area contributed by atoms with Gasteiger partial charge in [0.2, 0.25) is 0 Å². The summed E-state index contributed by atoms with van der Waals surface area (Å²) < 4.78 is 4.63. The lowest BCUT2D eigenvalue weighted by Gasteiger charge is -2.27. The molecule has 2 N–H and O–H groups in total. The van der Waals surface area contributed by atoms with Crippen LogP contribution in [0.2, 0.25) is 0 Å². The normalized spacial score (nSPS) is 15.3. The molecule has 0 rings (SSSR count). The van der Waals surface area contributed by atoms with Crippen LogP contribution in [0.25, 0.3) is 0 Å². The third kappa shape index (κ3) is 4.58. The molecule has 4 heteroatoms. The van der Waals surface area contributed by atoms with Gasteiger partial charge in [-0.25, -0.2) is 0 Å². The van der Waals surface area contributed by atoms with Crippen LogP contribution in [0.3, 0.4) is 0 Å². The molecule has 4 nitrogen and oxygen atoms in total. The molecule has 0 radical (unpaired) electrons. The molecule has 0 saturated heterocycles. The molecule has 14 heavy (non-hydrogen) atoms. The van der Waals surface area contributed by atoms with Gasteiger partial charge in [-0.05, 0) is 26.9 Å². The van der Waals surface area contributed by atoms with Gasteiger partial charge in [0.25, 0.3) is 0 Å². The van der Waals surface area contributed by atoms with Crippen LogP contribution in [0, 0.1) is 0 Å². The number of esters is 1. The van der Waals surface area contributed by atoms with E-state index in [1.165, 1.54) is 7.11 Å². The van der Waals surface area contributed by atoms with E-state index in [4.69, 9.17) is 5.73 Å². The number of hydrogen-bond donors (Lipinski definition) is 1. The number of carbonyl (C=O) groups excluding carboxylic acids is 1. The summed E-state index contributed by atoms with van der Waals surface area (Å²) in [5, 5.41) is 0. The van der Waals surface area contributed by atoms with Crippen LogP contribution >= 0.6 is 0 Å². The molecule has 1 atom stereocenters. The predicted octanol–water partition coefficient (Wildman–Crippen LogP) is 0.609. The zero-order chi connectivity index (χ0) is 11.2. The van der Waals surface area contributed by atoms with E-state index in [1.54, 1.807) is 6.92 Å². The molecule has 0 saturated carbocycles.